The summed E-state index contributed by atoms with van der Waals surface area (Å²) in [6.45, 7) is 7.92. The van der Waals surface area contributed by atoms with Crippen molar-refractivity contribution in [2.75, 3.05) is 13.2 Å². The molecule has 30 heavy (non-hydrogen) atoms. The minimum Gasteiger partial charge on any atom is -0.394 e. The topological polar surface area (TPSA) is 123 Å². The van der Waals surface area contributed by atoms with Crippen molar-refractivity contribution in [3.8, 4) is 0 Å². The van der Waals surface area contributed by atoms with Gasteiger partial charge in [0.1, 0.15) is 0 Å². The second kappa shape index (κ2) is 23.1. The Bertz CT molecular complexity index is 421. The van der Waals surface area contributed by atoms with Gasteiger partial charge in [-0.05, 0) is 26.7 Å². The fourth-order valence-electron chi connectivity index (χ4n) is 2.33. The van der Waals surface area contributed by atoms with Crippen LogP contribution in [0.4, 0.5) is 0 Å². The molecule has 0 aliphatic carbocycles. The van der Waals surface area contributed by atoms with Crippen LogP contribution < -0.4 is 0 Å². The summed E-state index contributed by atoms with van der Waals surface area (Å²) >= 11 is 0. The van der Waals surface area contributed by atoms with E-state index in [9.17, 15) is 9.13 Å². The van der Waals surface area contributed by atoms with Gasteiger partial charge in [-0.3, -0.25) is 9.05 Å². The summed E-state index contributed by atoms with van der Waals surface area (Å²) < 4.78 is 37.8. The molecular weight excluding hydrogens is 466 g/mol. The Morgan fingerprint density at radius 1 is 0.700 bits per heavy atom. The predicted molar refractivity (Wildman–Crippen MR) is 117 cm³/mol. The number of aliphatic hydroxyl groups is 1. The smallest absolute Gasteiger partial charge is 0.394 e. The van der Waals surface area contributed by atoms with Gasteiger partial charge in [-0.25, -0.2) is 9.13 Å². The van der Waals surface area contributed by atoms with E-state index in [0.29, 0.717) is 12.8 Å². The summed E-state index contributed by atoms with van der Waals surface area (Å²) in [4.78, 5) is 17.8. The first-order chi connectivity index (χ1) is 13.6. The van der Waals surface area contributed by atoms with E-state index in [1.54, 1.807) is 13.8 Å². The first-order valence-electron chi connectivity index (χ1n) is 10.9. The number of unbranched alkanes of at least 4 members (excludes halogenated alkanes) is 10. The molecule has 0 radical (unpaired) electrons. The first kappa shape index (κ1) is 35.5. The molecule has 8 nitrogen and oxygen atoms in total. The van der Waals surface area contributed by atoms with Crippen LogP contribution in [0.15, 0.2) is 0 Å². The number of phosphoric ester groups is 1. The minimum atomic E-state index is -4.94. The molecule has 0 atom stereocenters. The molecule has 0 unspecified atom stereocenters. The Morgan fingerprint density at radius 2 is 1.00 bits per heavy atom. The SMILES string of the molecule is CC(C)O.CCCCCCCCOP(=O)(OCCCCCCCC)OP(=O)(O)O.[Ti]. The second-order valence-electron chi connectivity index (χ2n) is 7.32. The van der Waals surface area contributed by atoms with Gasteiger partial charge in [-0.15, -0.1) is 0 Å². The molecule has 0 aromatic rings. The third kappa shape index (κ3) is 31.1. The van der Waals surface area contributed by atoms with E-state index in [1.165, 1.54) is 12.8 Å². The summed E-state index contributed by atoms with van der Waals surface area (Å²) in [7, 11) is -9.17. The van der Waals surface area contributed by atoms with Gasteiger partial charge < -0.3 is 14.9 Å². The first-order valence-corrected chi connectivity index (χ1v) is 13.9. The van der Waals surface area contributed by atoms with Crippen LogP contribution in [0.5, 0.6) is 0 Å². The number of aliphatic hydroxyl groups excluding tert-OH is 1. The van der Waals surface area contributed by atoms with Crippen molar-refractivity contribution >= 4 is 15.6 Å². The van der Waals surface area contributed by atoms with Crippen molar-refractivity contribution < 1.29 is 59.1 Å². The van der Waals surface area contributed by atoms with Crippen LogP contribution >= 0.6 is 15.6 Å². The van der Waals surface area contributed by atoms with E-state index in [0.717, 1.165) is 51.4 Å². The summed E-state index contributed by atoms with van der Waals surface area (Å²) in [5.41, 5.74) is 0. The molecule has 0 saturated heterocycles. The van der Waals surface area contributed by atoms with Gasteiger partial charge in [0.2, 0.25) is 0 Å². The molecule has 0 spiro atoms. The molecule has 11 heteroatoms. The van der Waals surface area contributed by atoms with Gasteiger partial charge in [-0.1, -0.05) is 78.1 Å². The van der Waals surface area contributed by atoms with Crippen molar-refractivity contribution in [2.45, 2.75) is 111 Å². The van der Waals surface area contributed by atoms with Gasteiger partial charge in [-0.2, -0.15) is 4.31 Å². The van der Waals surface area contributed by atoms with E-state index in [4.69, 9.17) is 23.9 Å². The van der Waals surface area contributed by atoms with E-state index in [2.05, 4.69) is 18.2 Å². The Morgan fingerprint density at radius 3 is 1.30 bits per heavy atom. The maximum atomic E-state index is 12.3. The van der Waals surface area contributed by atoms with Crippen LogP contribution in [0, 0.1) is 0 Å². The number of phosphoric acid groups is 2. The zero-order valence-corrected chi connectivity index (χ0v) is 22.6. The zero-order chi connectivity index (χ0) is 22.6. The van der Waals surface area contributed by atoms with E-state index < -0.39 is 15.6 Å². The molecule has 0 saturated carbocycles. The third-order valence-electron chi connectivity index (χ3n) is 3.70. The van der Waals surface area contributed by atoms with Gasteiger partial charge in [0.05, 0.1) is 13.2 Å². The largest absolute Gasteiger partial charge is 0.483 e. The summed E-state index contributed by atoms with van der Waals surface area (Å²) in [6.07, 6.45) is 12.0. The molecule has 0 heterocycles. The minimum absolute atomic E-state index is 0. The van der Waals surface area contributed by atoms with Crippen molar-refractivity contribution in [1.82, 2.24) is 0 Å². The van der Waals surface area contributed by atoms with Crippen molar-refractivity contribution in [3.63, 3.8) is 0 Å². The van der Waals surface area contributed by atoms with Crippen LogP contribution in [0.3, 0.4) is 0 Å². The van der Waals surface area contributed by atoms with Gasteiger partial charge in [0, 0.05) is 27.8 Å². The number of rotatable bonds is 18. The number of hydrogen-bond donors (Lipinski definition) is 3. The summed E-state index contributed by atoms with van der Waals surface area (Å²) in [6, 6.07) is 0. The summed E-state index contributed by atoms with van der Waals surface area (Å²) in [5, 5.41) is 8.06. The normalized spacial score (nSPS) is 11.7. The monoisotopic (exact) mass is 510 g/mol. The molecule has 0 aliphatic heterocycles. The fourth-order valence-corrected chi connectivity index (χ4v) is 4.53. The molecule has 0 fully saturated rings. The van der Waals surface area contributed by atoms with E-state index >= 15 is 0 Å². The Kier molecular flexibility index (Phi) is 27.4. The van der Waals surface area contributed by atoms with Gasteiger partial charge in [0.25, 0.3) is 0 Å². The van der Waals surface area contributed by atoms with Gasteiger partial charge in [0.15, 0.2) is 0 Å². The Labute approximate surface area is 198 Å². The molecule has 0 aliphatic rings. The Balaban J connectivity index is -0.00000133. The molecular formula is C19H44O8P2Ti. The third-order valence-corrected chi connectivity index (χ3v) is 6.35. The van der Waals surface area contributed by atoms with E-state index in [1.807, 2.05) is 0 Å². The van der Waals surface area contributed by atoms with Crippen LogP contribution in [0.2, 0.25) is 0 Å². The maximum absolute atomic E-state index is 12.3. The van der Waals surface area contributed by atoms with Gasteiger partial charge >= 0.3 is 15.6 Å². The van der Waals surface area contributed by atoms with E-state index in [-0.39, 0.29) is 41.0 Å². The molecule has 0 aromatic heterocycles. The van der Waals surface area contributed by atoms with Crippen molar-refractivity contribution in [3.05, 3.63) is 0 Å². The summed E-state index contributed by atoms with van der Waals surface area (Å²) in [5.74, 6) is 0. The van der Waals surface area contributed by atoms with Crippen LogP contribution in [0.1, 0.15) is 105 Å². The molecule has 0 rings (SSSR count). The van der Waals surface area contributed by atoms with Crippen LogP contribution in [-0.4, -0.2) is 34.2 Å². The molecule has 0 amide bonds. The van der Waals surface area contributed by atoms with Crippen molar-refractivity contribution in [1.29, 1.82) is 0 Å². The number of hydrogen-bond acceptors (Lipinski definition) is 6. The molecule has 0 bridgehead atoms. The molecule has 182 valence electrons. The van der Waals surface area contributed by atoms with Crippen LogP contribution in [-0.2, 0) is 44.2 Å². The second-order valence-corrected chi connectivity index (χ2v) is 10.4. The average Bonchev–Trinajstić information content (AvgIpc) is 2.58. The quantitative estimate of drug-likeness (QED) is 0.111. The Hall–Kier alpha value is 0.934. The van der Waals surface area contributed by atoms with Crippen molar-refractivity contribution in [2.24, 2.45) is 0 Å². The molecule has 3 N–H and O–H groups in total. The predicted octanol–water partition coefficient (Wildman–Crippen LogP) is 6.34. The maximum Gasteiger partial charge on any atom is 0.483 e. The fraction of sp³-hybridized carbons (Fsp3) is 1.00. The van der Waals surface area contributed by atoms with Crippen LogP contribution in [0.25, 0.3) is 0 Å². The molecule has 0 aromatic carbocycles. The zero-order valence-electron chi connectivity index (χ0n) is 19.3. The average molecular weight is 510 g/mol. The standard InChI is InChI=1S/C16H36O7P2.C3H8O.Ti/c1-3-5-7-9-11-13-15-21-25(20,23-24(17,18)19)22-16-14-12-10-8-6-4-2;1-3(2)4;/h3-16H2,1-2H3,(H2,17,18,19);3-4H,1-2H3;.